The lowest BCUT2D eigenvalue weighted by Crippen LogP contribution is -2.45. The van der Waals surface area contributed by atoms with Gasteiger partial charge in [0.2, 0.25) is 0 Å². The van der Waals surface area contributed by atoms with Crippen molar-refractivity contribution in [1.29, 1.82) is 0 Å². The van der Waals surface area contributed by atoms with Crippen LogP contribution in [0.1, 0.15) is 11.1 Å². The maximum atomic E-state index is 2.53. The molecule has 0 saturated carbocycles. The second kappa shape index (κ2) is 3.71. The molecule has 0 aromatic heterocycles. The van der Waals surface area contributed by atoms with Crippen LogP contribution in [0.3, 0.4) is 0 Å². The molecule has 0 fully saturated rings. The summed E-state index contributed by atoms with van der Waals surface area (Å²) in [5, 5.41) is 0. The van der Waals surface area contributed by atoms with Gasteiger partial charge in [-0.05, 0) is 17.2 Å². The Hall–Kier alpha value is -0.606. The van der Waals surface area contributed by atoms with E-state index in [0.29, 0.717) is 0 Å². The van der Waals surface area contributed by atoms with E-state index in [1.54, 1.807) is 5.56 Å². The number of rotatable bonds is 1. The highest BCUT2D eigenvalue weighted by atomic mass is 28.4. The molecular formula is C14H22Si2. The van der Waals surface area contributed by atoms with E-state index >= 15 is 0 Å². The Labute approximate surface area is 101 Å². The molecule has 0 nitrogen and oxygen atoms in total. The highest BCUT2D eigenvalue weighted by molar-refractivity contribution is 7.05. The first-order chi connectivity index (χ1) is 7.31. The molecule has 0 saturated heterocycles. The average molecular weight is 247 g/mol. The second-order valence-electron chi connectivity index (χ2n) is 6.57. The van der Waals surface area contributed by atoms with Crippen LogP contribution in [0.5, 0.6) is 0 Å². The van der Waals surface area contributed by atoms with Crippen molar-refractivity contribution >= 4 is 22.2 Å². The molecule has 16 heavy (non-hydrogen) atoms. The van der Waals surface area contributed by atoms with Crippen LogP contribution in [0.4, 0.5) is 0 Å². The summed E-state index contributed by atoms with van der Waals surface area (Å²) in [5.41, 5.74) is 3.05. The average Bonchev–Trinajstić information content (AvgIpc) is 2.13. The third-order valence-corrected chi connectivity index (χ3v) is 12.4. The van der Waals surface area contributed by atoms with Crippen molar-refractivity contribution in [1.82, 2.24) is 0 Å². The molecular weight excluding hydrogens is 224 g/mol. The first kappa shape index (κ1) is 11.9. The van der Waals surface area contributed by atoms with Crippen molar-refractivity contribution in [2.24, 2.45) is 0 Å². The van der Waals surface area contributed by atoms with E-state index in [1.807, 2.05) is 4.82 Å². The summed E-state index contributed by atoms with van der Waals surface area (Å²) in [6.07, 6.45) is 2.53. The summed E-state index contributed by atoms with van der Waals surface area (Å²) >= 11 is 0. The lowest BCUT2D eigenvalue weighted by Gasteiger charge is -2.38. The molecule has 1 aliphatic heterocycles. The number of fused-ring (bicyclic) bond motifs is 1. The molecule has 0 radical (unpaired) electrons. The van der Waals surface area contributed by atoms with Gasteiger partial charge in [0.15, 0.2) is 0 Å². The van der Waals surface area contributed by atoms with Gasteiger partial charge >= 0.3 is 0 Å². The molecule has 86 valence electrons. The van der Waals surface area contributed by atoms with Crippen LogP contribution in [0.2, 0.25) is 32.7 Å². The zero-order chi connectivity index (χ0) is 12.0. The van der Waals surface area contributed by atoms with Crippen molar-refractivity contribution in [3.05, 3.63) is 40.2 Å². The Morgan fingerprint density at radius 3 is 2.31 bits per heavy atom. The third kappa shape index (κ3) is 2.09. The smallest absolute Gasteiger partial charge is 0.0755 e. The van der Waals surface area contributed by atoms with Crippen LogP contribution in [0, 0.1) is 0 Å². The summed E-state index contributed by atoms with van der Waals surface area (Å²) in [5.74, 6) is 0. The van der Waals surface area contributed by atoms with Gasteiger partial charge in [-0.3, -0.25) is 0 Å². The Balaban J connectivity index is 2.56. The molecule has 1 aromatic rings. The molecule has 0 atom stereocenters. The van der Waals surface area contributed by atoms with E-state index in [9.17, 15) is 0 Å². The van der Waals surface area contributed by atoms with E-state index in [2.05, 4.69) is 63.1 Å². The molecule has 0 bridgehead atoms. The third-order valence-electron chi connectivity index (χ3n) is 3.52. The molecule has 0 spiro atoms. The minimum absolute atomic E-state index is 1.14. The van der Waals surface area contributed by atoms with Gasteiger partial charge in [-0.15, -0.1) is 0 Å². The van der Waals surface area contributed by atoms with Crippen molar-refractivity contribution in [2.45, 2.75) is 38.8 Å². The van der Waals surface area contributed by atoms with Gasteiger partial charge in [0.25, 0.3) is 0 Å². The minimum Gasteiger partial charge on any atom is -0.0900 e. The molecule has 0 aliphatic carbocycles. The van der Waals surface area contributed by atoms with Gasteiger partial charge in [0, 0.05) is 0 Å². The van der Waals surface area contributed by atoms with E-state index in [1.165, 1.54) is 11.6 Å². The molecule has 1 aromatic carbocycles. The van der Waals surface area contributed by atoms with Crippen molar-refractivity contribution in [3.8, 4) is 0 Å². The SMILES string of the molecule is C[Si](C)(C)C1=Cc2ccccc2C[Si]1(C)C. The molecule has 1 aliphatic rings. The lowest BCUT2D eigenvalue weighted by molar-refractivity contribution is 1.28. The lowest BCUT2D eigenvalue weighted by atomic mass is 10.1. The van der Waals surface area contributed by atoms with E-state index in [4.69, 9.17) is 0 Å². The quantitative estimate of drug-likeness (QED) is 0.649. The Morgan fingerprint density at radius 1 is 1.06 bits per heavy atom. The maximum absolute atomic E-state index is 2.53. The largest absolute Gasteiger partial charge is 0.0900 e. The standard InChI is InChI=1S/C14H22Si2/c1-15(2,3)14-10-12-8-6-7-9-13(12)11-16(14,4)5/h6-10H,11H2,1-5H3. The predicted molar refractivity (Wildman–Crippen MR) is 79.0 cm³/mol. The van der Waals surface area contributed by atoms with Crippen LogP contribution in [-0.4, -0.2) is 16.1 Å². The van der Waals surface area contributed by atoms with Gasteiger partial charge in [-0.1, -0.05) is 67.9 Å². The molecule has 2 rings (SSSR count). The normalized spacial score (nSPS) is 18.9. The highest BCUT2D eigenvalue weighted by Crippen LogP contribution is 2.35. The summed E-state index contributed by atoms with van der Waals surface area (Å²) < 4.78 is 0. The zero-order valence-corrected chi connectivity index (χ0v) is 13.1. The Bertz CT molecular complexity index is 436. The number of benzene rings is 1. The second-order valence-corrected chi connectivity index (χ2v) is 16.8. The first-order valence-electron chi connectivity index (χ1n) is 6.11. The van der Waals surface area contributed by atoms with Crippen LogP contribution < -0.4 is 0 Å². The van der Waals surface area contributed by atoms with E-state index in [-0.39, 0.29) is 0 Å². The van der Waals surface area contributed by atoms with Gasteiger partial charge < -0.3 is 0 Å². The van der Waals surface area contributed by atoms with E-state index in [0.717, 1.165) is 0 Å². The van der Waals surface area contributed by atoms with E-state index < -0.39 is 16.1 Å². The van der Waals surface area contributed by atoms with Crippen molar-refractivity contribution in [3.63, 3.8) is 0 Å². The van der Waals surface area contributed by atoms with Gasteiger partial charge in [0.1, 0.15) is 0 Å². The fraction of sp³-hybridized carbons (Fsp3) is 0.429. The number of hydrogen-bond donors (Lipinski definition) is 0. The van der Waals surface area contributed by atoms with Crippen LogP contribution in [0.15, 0.2) is 29.1 Å². The monoisotopic (exact) mass is 246 g/mol. The highest BCUT2D eigenvalue weighted by Gasteiger charge is 2.37. The zero-order valence-electron chi connectivity index (χ0n) is 11.1. The summed E-state index contributed by atoms with van der Waals surface area (Å²) in [6.45, 7) is 12.5. The summed E-state index contributed by atoms with van der Waals surface area (Å²) in [7, 11) is -2.32. The summed E-state index contributed by atoms with van der Waals surface area (Å²) in [4.78, 5) is 1.85. The maximum Gasteiger partial charge on any atom is 0.0755 e. The predicted octanol–water partition coefficient (Wildman–Crippen LogP) is 4.29. The number of hydrogen-bond acceptors (Lipinski definition) is 0. The van der Waals surface area contributed by atoms with Gasteiger partial charge in [0.05, 0.1) is 16.1 Å². The topological polar surface area (TPSA) is 0 Å². The van der Waals surface area contributed by atoms with Crippen LogP contribution >= 0.6 is 0 Å². The Kier molecular flexibility index (Phi) is 2.75. The summed E-state index contributed by atoms with van der Waals surface area (Å²) in [6, 6.07) is 10.3. The fourth-order valence-electron chi connectivity index (χ4n) is 2.99. The van der Waals surface area contributed by atoms with Gasteiger partial charge in [-0.25, -0.2) is 0 Å². The van der Waals surface area contributed by atoms with Crippen molar-refractivity contribution in [2.75, 3.05) is 0 Å². The van der Waals surface area contributed by atoms with Crippen LogP contribution in [0.25, 0.3) is 6.08 Å². The molecule has 2 heteroatoms. The van der Waals surface area contributed by atoms with Crippen molar-refractivity contribution < 1.29 is 0 Å². The van der Waals surface area contributed by atoms with Crippen LogP contribution in [-0.2, 0) is 6.04 Å². The fourth-order valence-corrected chi connectivity index (χ4v) is 14.0. The molecule has 0 N–H and O–H groups in total. The molecule has 1 heterocycles. The molecule has 0 amide bonds. The molecule has 0 unspecified atom stereocenters. The van der Waals surface area contributed by atoms with Gasteiger partial charge in [-0.2, -0.15) is 0 Å². The first-order valence-corrected chi connectivity index (χ1v) is 12.8. The minimum atomic E-state index is -1.18. The Morgan fingerprint density at radius 2 is 1.69 bits per heavy atom.